The average Bonchev–Trinajstić information content (AvgIpc) is 2.33. The van der Waals surface area contributed by atoms with Crippen LogP contribution < -0.4 is 0 Å². The fourth-order valence-corrected chi connectivity index (χ4v) is 2.46. The van der Waals surface area contributed by atoms with Gasteiger partial charge in [0.25, 0.3) is 0 Å². The maximum Gasteiger partial charge on any atom is 0.161 e. The Morgan fingerprint density at radius 1 is 1.43 bits per heavy atom. The molecule has 0 amide bonds. The minimum absolute atomic E-state index is 0.00849. The van der Waals surface area contributed by atoms with E-state index in [2.05, 4.69) is 11.9 Å². The topological polar surface area (TPSA) is 22.1 Å². The van der Waals surface area contributed by atoms with E-state index in [0.29, 0.717) is 0 Å². The molecular formula is C11H19NOSi. The predicted octanol–water partition coefficient (Wildman–Crippen LogP) is 1.94. The summed E-state index contributed by atoms with van der Waals surface area (Å²) in [6.07, 6.45) is 5.60. The van der Waals surface area contributed by atoms with Crippen LogP contribution in [0.1, 0.15) is 25.5 Å². The van der Waals surface area contributed by atoms with Crippen molar-refractivity contribution >= 4 is 9.76 Å². The molecule has 2 heterocycles. The molecule has 0 saturated carbocycles. The summed E-state index contributed by atoms with van der Waals surface area (Å²) in [6, 6.07) is 7.38. The van der Waals surface area contributed by atoms with E-state index in [1.807, 2.05) is 24.4 Å². The Hall–Kier alpha value is -0.673. The van der Waals surface area contributed by atoms with E-state index in [1.54, 1.807) is 0 Å². The fraction of sp³-hybridized carbons (Fsp3) is 0.545. The number of aryl methyl sites for hydroxylation is 1. The molecule has 0 bridgehead atoms. The van der Waals surface area contributed by atoms with Gasteiger partial charge in [-0.05, 0) is 31.0 Å². The highest BCUT2D eigenvalue weighted by atomic mass is 28.2. The zero-order valence-electron chi connectivity index (χ0n) is 8.91. The Morgan fingerprint density at radius 2 is 2.36 bits per heavy atom. The molecule has 0 radical (unpaired) electrons. The second-order valence-corrected chi connectivity index (χ2v) is 4.87. The van der Waals surface area contributed by atoms with Crippen LogP contribution in [0.2, 0.25) is 6.04 Å². The van der Waals surface area contributed by atoms with E-state index < -0.39 is 0 Å². The summed E-state index contributed by atoms with van der Waals surface area (Å²) in [5.74, 6) is 0. The normalized spacial score (nSPS) is 17.2. The first-order valence-corrected chi connectivity index (χ1v) is 6.99. The number of nitrogens with zero attached hydrogens (tertiary/aromatic N) is 1. The Kier molecular flexibility index (Phi) is 6.28. The summed E-state index contributed by atoms with van der Waals surface area (Å²) in [6.45, 7) is 3.16. The molecule has 1 aliphatic rings. The second-order valence-electron chi connectivity index (χ2n) is 3.35. The van der Waals surface area contributed by atoms with Gasteiger partial charge in [0.15, 0.2) is 9.76 Å². The molecular weight excluding hydrogens is 190 g/mol. The van der Waals surface area contributed by atoms with Crippen LogP contribution in [0.15, 0.2) is 24.4 Å². The highest BCUT2D eigenvalue weighted by Gasteiger charge is 1.96. The quantitative estimate of drug-likeness (QED) is 0.660. The van der Waals surface area contributed by atoms with Gasteiger partial charge in [0.1, 0.15) is 0 Å². The summed E-state index contributed by atoms with van der Waals surface area (Å²) in [5.41, 5.74) is 1.16. The molecule has 0 spiro atoms. The number of pyridine rings is 1. The summed E-state index contributed by atoms with van der Waals surface area (Å²) in [5, 5.41) is 0. The summed E-state index contributed by atoms with van der Waals surface area (Å²) < 4.78 is 5.21. The fourth-order valence-electron chi connectivity index (χ4n) is 1.29. The number of rotatable bonds is 1. The van der Waals surface area contributed by atoms with Crippen molar-refractivity contribution in [3.05, 3.63) is 30.1 Å². The van der Waals surface area contributed by atoms with Gasteiger partial charge in [0.05, 0.1) is 0 Å². The van der Waals surface area contributed by atoms with Crippen LogP contribution in [0.3, 0.4) is 0 Å². The van der Waals surface area contributed by atoms with E-state index in [0.717, 1.165) is 18.7 Å². The smallest absolute Gasteiger partial charge is 0.161 e. The van der Waals surface area contributed by atoms with E-state index in [9.17, 15) is 0 Å². The summed E-state index contributed by atoms with van der Waals surface area (Å²) in [4.78, 5) is 4.10. The van der Waals surface area contributed by atoms with Crippen LogP contribution in [0.25, 0.3) is 0 Å². The van der Waals surface area contributed by atoms with Gasteiger partial charge in [-0.1, -0.05) is 19.4 Å². The number of hydrogen-bond donors (Lipinski definition) is 0. The molecule has 0 aromatic carbocycles. The van der Waals surface area contributed by atoms with Crippen molar-refractivity contribution in [1.82, 2.24) is 4.98 Å². The Bertz CT molecular complexity index is 212. The van der Waals surface area contributed by atoms with Crippen molar-refractivity contribution in [2.45, 2.75) is 32.2 Å². The van der Waals surface area contributed by atoms with E-state index in [-0.39, 0.29) is 9.76 Å². The minimum Gasteiger partial charge on any atom is -0.424 e. The van der Waals surface area contributed by atoms with E-state index >= 15 is 0 Å². The van der Waals surface area contributed by atoms with Gasteiger partial charge in [-0.3, -0.25) is 4.98 Å². The molecule has 0 unspecified atom stereocenters. The lowest BCUT2D eigenvalue weighted by molar-refractivity contribution is 0.304. The minimum atomic E-state index is 0.00849. The first-order chi connectivity index (χ1) is 6.93. The Morgan fingerprint density at radius 3 is 2.64 bits per heavy atom. The van der Waals surface area contributed by atoms with Crippen LogP contribution in [0, 0.1) is 0 Å². The van der Waals surface area contributed by atoms with Crippen molar-refractivity contribution in [3.8, 4) is 0 Å². The molecule has 1 aromatic heterocycles. The van der Waals surface area contributed by atoms with Gasteiger partial charge in [0, 0.05) is 18.5 Å². The highest BCUT2D eigenvalue weighted by Crippen LogP contribution is 2.01. The monoisotopic (exact) mass is 209 g/mol. The van der Waals surface area contributed by atoms with Gasteiger partial charge in [-0.25, -0.2) is 0 Å². The van der Waals surface area contributed by atoms with E-state index in [4.69, 9.17) is 4.43 Å². The lowest BCUT2D eigenvalue weighted by Gasteiger charge is -2.07. The van der Waals surface area contributed by atoms with Crippen LogP contribution >= 0.6 is 0 Å². The molecule has 1 aromatic rings. The Balaban J connectivity index is 0.000000146. The van der Waals surface area contributed by atoms with Crippen LogP contribution in [0.4, 0.5) is 0 Å². The van der Waals surface area contributed by atoms with Gasteiger partial charge < -0.3 is 4.43 Å². The van der Waals surface area contributed by atoms with Crippen molar-refractivity contribution in [2.24, 2.45) is 0 Å². The molecule has 14 heavy (non-hydrogen) atoms. The predicted molar refractivity (Wildman–Crippen MR) is 62.2 cm³/mol. The highest BCUT2D eigenvalue weighted by molar-refractivity contribution is 6.27. The van der Waals surface area contributed by atoms with Crippen molar-refractivity contribution in [3.63, 3.8) is 0 Å². The second kappa shape index (κ2) is 7.70. The van der Waals surface area contributed by atoms with Gasteiger partial charge >= 0.3 is 0 Å². The molecule has 1 fully saturated rings. The largest absolute Gasteiger partial charge is 0.424 e. The number of aromatic nitrogens is 1. The summed E-state index contributed by atoms with van der Waals surface area (Å²) in [7, 11) is 0.00849. The van der Waals surface area contributed by atoms with Crippen molar-refractivity contribution < 1.29 is 4.43 Å². The molecule has 0 atom stereocenters. The third-order valence-corrected chi connectivity index (χ3v) is 3.53. The zero-order valence-corrected chi connectivity index (χ0v) is 10.3. The van der Waals surface area contributed by atoms with Gasteiger partial charge in [-0.2, -0.15) is 0 Å². The molecule has 3 heteroatoms. The van der Waals surface area contributed by atoms with E-state index in [1.165, 1.54) is 18.9 Å². The summed E-state index contributed by atoms with van der Waals surface area (Å²) >= 11 is 0. The molecule has 0 N–H and O–H groups in total. The SMILES string of the molecule is C1CC[SiH2]OC1.CCc1ccccn1. The number of hydrogen-bond acceptors (Lipinski definition) is 2. The van der Waals surface area contributed by atoms with Crippen LogP contribution in [-0.2, 0) is 10.8 Å². The first-order valence-electron chi connectivity index (χ1n) is 5.41. The lowest BCUT2D eigenvalue weighted by atomic mass is 10.3. The molecule has 1 aliphatic heterocycles. The van der Waals surface area contributed by atoms with Gasteiger partial charge in [-0.15, -0.1) is 0 Å². The van der Waals surface area contributed by atoms with Crippen LogP contribution in [0.5, 0.6) is 0 Å². The Labute approximate surface area is 88.7 Å². The third-order valence-electron chi connectivity index (χ3n) is 2.17. The zero-order chi connectivity index (χ0) is 10.1. The van der Waals surface area contributed by atoms with Crippen molar-refractivity contribution in [1.29, 1.82) is 0 Å². The maximum absolute atomic E-state index is 5.21. The van der Waals surface area contributed by atoms with Crippen LogP contribution in [-0.4, -0.2) is 21.4 Å². The van der Waals surface area contributed by atoms with Crippen molar-refractivity contribution in [2.75, 3.05) is 6.61 Å². The maximum atomic E-state index is 5.21. The molecule has 2 rings (SSSR count). The molecule has 78 valence electrons. The average molecular weight is 209 g/mol. The molecule has 2 nitrogen and oxygen atoms in total. The lowest BCUT2D eigenvalue weighted by Crippen LogP contribution is -2.06. The first kappa shape index (κ1) is 11.4. The van der Waals surface area contributed by atoms with Gasteiger partial charge in [0.2, 0.25) is 0 Å². The standard InChI is InChI=1S/C7H9N.C4H10OSi/c1-2-7-5-3-4-6-8-7;1-2-4-6-5-3-1/h3-6H,2H2,1H3;1-4,6H2. The third kappa shape index (κ3) is 5.14. The molecule has 0 aliphatic carbocycles. The molecule has 1 saturated heterocycles.